The van der Waals surface area contributed by atoms with Crippen molar-refractivity contribution in [1.82, 2.24) is 5.32 Å². The molecular formula is C22H30N2O7Si. The number of nitrogens with one attached hydrogen (secondary N) is 1. The van der Waals surface area contributed by atoms with Gasteiger partial charge in [0.1, 0.15) is 6.61 Å². The fourth-order valence-electron chi connectivity index (χ4n) is 3.34. The molecule has 1 aliphatic heterocycles. The van der Waals surface area contributed by atoms with E-state index in [9.17, 15) is 19.7 Å². The van der Waals surface area contributed by atoms with Crippen molar-refractivity contribution in [3.05, 3.63) is 62.5 Å². The van der Waals surface area contributed by atoms with Crippen molar-refractivity contribution in [3.8, 4) is 0 Å². The zero-order valence-electron chi connectivity index (χ0n) is 19.3. The molecule has 0 saturated heterocycles. The van der Waals surface area contributed by atoms with Crippen LogP contribution in [-0.2, 0) is 23.8 Å². The van der Waals surface area contributed by atoms with Crippen LogP contribution in [0.4, 0.5) is 5.69 Å². The quantitative estimate of drug-likeness (QED) is 0.195. The van der Waals surface area contributed by atoms with Gasteiger partial charge in [-0.2, -0.15) is 0 Å². The van der Waals surface area contributed by atoms with Crippen molar-refractivity contribution in [1.29, 1.82) is 0 Å². The van der Waals surface area contributed by atoms with Crippen LogP contribution in [0.3, 0.4) is 0 Å². The second-order valence-corrected chi connectivity index (χ2v) is 14.2. The number of non-ortho nitro benzene ring substituents is 1. The zero-order valence-corrected chi connectivity index (χ0v) is 20.3. The highest BCUT2D eigenvalue weighted by molar-refractivity contribution is 6.76. The first-order valence-electron chi connectivity index (χ1n) is 10.2. The second-order valence-electron chi connectivity index (χ2n) is 8.75. The lowest BCUT2D eigenvalue weighted by molar-refractivity contribution is -0.384. The van der Waals surface area contributed by atoms with Crippen molar-refractivity contribution in [2.45, 2.75) is 39.4 Å². The molecule has 0 aliphatic carbocycles. The Morgan fingerprint density at radius 2 is 1.66 bits per heavy atom. The van der Waals surface area contributed by atoms with Crippen LogP contribution in [0.15, 0.2) is 46.8 Å². The summed E-state index contributed by atoms with van der Waals surface area (Å²) in [6, 6.07) is 5.90. The summed E-state index contributed by atoms with van der Waals surface area (Å²) in [6.45, 7) is 9.87. The number of hydrogen-bond donors (Lipinski definition) is 1. The lowest BCUT2D eigenvalue weighted by Gasteiger charge is -2.31. The second kappa shape index (κ2) is 10.6. The highest BCUT2D eigenvalue weighted by Crippen LogP contribution is 2.40. The number of nitro groups is 1. The van der Waals surface area contributed by atoms with E-state index in [4.69, 9.17) is 14.2 Å². The minimum atomic E-state index is -1.70. The summed E-state index contributed by atoms with van der Waals surface area (Å²) in [5, 5.41) is 14.4. The molecule has 1 aliphatic rings. The lowest BCUT2D eigenvalue weighted by Crippen LogP contribution is -2.35. The third-order valence-electron chi connectivity index (χ3n) is 4.77. The zero-order chi connectivity index (χ0) is 24.1. The number of dihydropyridines is 1. The smallest absolute Gasteiger partial charge is 0.336 e. The number of rotatable bonds is 9. The molecule has 0 aromatic heterocycles. The molecule has 9 nitrogen and oxygen atoms in total. The standard InChI is InChI=1S/C22H30N2O7Si/c1-14-18(21(25)30-11-10-29-3)20(16-8-7-9-17(12-16)24(27)28)19(15(2)23-14)22(26)31-13-32(4,5)6/h7-9,12,20,23H,10-11,13H2,1-6H3. The number of ether oxygens (including phenoxy) is 3. The monoisotopic (exact) mass is 462 g/mol. The molecule has 10 heteroatoms. The van der Waals surface area contributed by atoms with E-state index in [2.05, 4.69) is 25.0 Å². The molecule has 1 aromatic rings. The number of methoxy groups -OCH3 is 1. The van der Waals surface area contributed by atoms with E-state index in [1.165, 1.54) is 25.3 Å². The summed E-state index contributed by atoms with van der Waals surface area (Å²) in [7, 11) is -0.207. The Labute approximate surface area is 188 Å². The molecule has 0 amide bonds. The van der Waals surface area contributed by atoms with Crippen LogP contribution in [0.2, 0.25) is 19.6 Å². The summed E-state index contributed by atoms with van der Waals surface area (Å²) in [5.41, 5.74) is 1.74. The summed E-state index contributed by atoms with van der Waals surface area (Å²) in [5.74, 6) is -2.07. The fraction of sp³-hybridized carbons (Fsp3) is 0.455. The van der Waals surface area contributed by atoms with E-state index in [1.54, 1.807) is 19.9 Å². The van der Waals surface area contributed by atoms with E-state index >= 15 is 0 Å². The Morgan fingerprint density at radius 3 is 2.19 bits per heavy atom. The highest BCUT2D eigenvalue weighted by Gasteiger charge is 2.39. The van der Waals surface area contributed by atoms with Gasteiger partial charge in [-0.25, -0.2) is 9.59 Å². The number of carbonyl (C=O) groups is 2. The third-order valence-corrected chi connectivity index (χ3v) is 5.78. The van der Waals surface area contributed by atoms with Gasteiger partial charge in [0.05, 0.1) is 42.9 Å². The number of benzene rings is 1. The van der Waals surface area contributed by atoms with Gasteiger partial charge >= 0.3 is 11.9 Å². The first kappa shape index (κ1) is 25.3. The summed E-state index contributed by atoms with van der Waals surface area (Å²) in [6.07, 6.45) is 0.306. The number of allylic oxidation sites excluding steroid dienone is 2. The van der Waals surface area contributed by atoms with Gasteiger partial charge in [0.25, 0.3) is 5.69 Å². The maximum absolute atomic E-state index is 13.2. The molecule has 0 saturated carbocycles. The van der Waals surface area contributed by atoms with Gasteiger partial charge in [-0.05, 0) is 19.4 Å². The van der Waals surface area contributed by atoms with Gasteiger partial charge in [0, 0.05) is 30.6 Å². The van der Waals surface area contributed by atoms with Crippen molar-refractivity contribution < 1.29 is 28.7 Å². The van der Waals surface area contributed by atoms with Gasteiger partial charge in [-0.3, -0.25) is 10.1 Å². The van der Waals surface area contributed by atoms with Crippen LogP contribution in [0.5, 0.6) is 0 Å². The highest BCUT2D eigenvalue weighted by atomic mass is 28.3. The molecular weight excluding hydrogens is 432 g/mol. The fourth-order valence-corrected chi connectivity index (χ4v) is 3.91. The molecule has 1 unspecified atom stereocenters. The molecule has 1 atom stereocenters. The molecule has 0 fully saturated rings. The maximum atomic E-state index is 13.2. The van der Waals surface area contributed by atoms with Crippen LogP contribution >= 0.6 is 0 Å². The normalized spacial score (nSPS) is 16.5. The van der Waals surface area contributed by atoms with Crippen molar-refractivity contribution in [2.75, 3.05) is 26.6 Å². The molecule has 2 rings (SSSR count). The van der Waals surface area contributed by atoms with Crippen LogP contribution in [0.1, 0.15) is 25.3 Å². The molecule has 0 bridgehead atoms. The molecule has 0 spiro atoms. The van der Waals surface area contributed by atoms with Crippen LogP contribution < -0.4 is 5.32 Å². The van der Waals surface area contributed by atoms with Gasteiger partial charge in [-0.15, -0.1) is 0 Å². The number of nitro benzene ring substituents is 1. The molecule has 1 heterocycles. The van der Waals surface area contributed by atoms with E-state index < -0.39 is 30.9 Å². The number of esters is 2. The predicted molar refractivity (Wildman–Crippen MR) is 122 cm³/mol. The lowest BCUT2D eigenvalue weighted by atomic mass is 9.80. The van der Waals surface area contributed by atoms with Crippen molar-refractivity contribution in [2.24, 2.45) is 0 Å². The van der Waals surface area contributed by atoms with E-state index in [1.807, 2.05) is 0 Å². The molecule has 0 radical (unpaired) electrons. The average Bonchev–Trinajstić information content (AvgIpc) is 2.71. The Morgan fingerprint density at radius 1 is 1.06 bits per heavy atom. The Balaban J connectivity index is 2.57. The Bertz CT molecular complexity index is 963. The predicted octanol–water partition coefficient (Wildman–Crippen LogP) is 3.44. The van der Waals surface area contributed by atoms with Crippen LogP contribution in [0, 0.1) is 10.1 Å². The number of carbonyl (C=O) groups excluding carboxylic acids is 2. The molecule has 32 heavy (non-hydrogen) atoms. The molecule has 174 valence electrons. The van der Waals surface area contributed by atoms with Gasteiger partial charge < -0.3 is 19.5 Å². The number of hydrogen-bond acceptors (Lipinski definition) is 8. The van der Waals surface area contributed by atoms with E-state index in [0.717, 1.165) is 0 Å². The number of nitrogens with zero attached hydrogens (tertiary/aromatic N) is 1. The van der Waals surface area contributed by atoms with Gasteiger partial charge in [0.15, 0.2) is 0 Å². The minimum absolute atomic E-state index is 0.0336. The molecule has 1 aromatic carbocycles. The topological polar surface area (TPSA) is 117 Å². The van der Waals surface area contributed by atoms with Crippen LogP contribution in [-0.4, -0.2) is 51.5 Å². The van der Waals surface area contributed by atoms with Crippen molar-refractivity contribution in [3.63, 3.8) is 0 Å². The minimum Gasteiger partial charge on any atom is -0.466 e. The van der Waals surface area contributed by atoms with Crippen LogP contribution in [0.25, 0.3) is 0 Å². The van der Waals surface area contributed by atoms with E-state index in [-0.39, 0.29) is 30.0 Å². The Hall–Kier alpha value is -2.98. The van der Waals surface area contributed by atoms with Gasteiger partial charge in [-0.1, -0.05) is 31.8 Å². The van der Waals surface area contributed by atoms with Gasteiger partial charge in [0.2, 0.25) is 0 Å². The average molecular weight is 463 g/mol. The maximum Gasteiger partial charge on any atom is 0.336 e. The first-order chi connectivity index (χ1) is 15.0. The molecule has 1 N–H and O–H groups in total. The summed E-state index contributed by atoms with van der Waals surface area (Å²) in [4.78, 5) is 37.0. The third kappa shape index (κ3) is 6.27. The van der Waals surface area contributed by atoms with E-state index in [0.29, 0.717) is 23.2 Å². The largest absolute Gasteiger partial charge is 0.466 e. The summed E-state index contributed by atoms with van der Waals surface area (Å²) >= 11 is 0. The summed E-state index contributed by atoms with van der Waals surface area (Å²) < 4.78 is 15.9. The SMILES string of the molecule is COCCOC(=O)C1=C(C)NC(C)=C(C(=O)OC[Si](C)(C)C)C1c1cccc([N+](=O)[O-])c1. The Kier molecular flexibility index (Phi) is 8.34. The first-order valence-corrected chi connectivity index (χ1v) is 13.9. The van der Waals surface area contributed by atoms with Crippen molar-refractivity contribution >= 4 is 25.7 Å².